The van der Waals surface area contributed by atoms with Gasteiger partial charge in [0.15, 0.2) is 0 Å². The molecule has 0 aliphatic rings. The zero-order valence-corrected chi connectivity index (χ0v) is 16.3. The molecule has 1 aromatic rings. The number of benzene rings is 1. The van der Waals surface area contributed by atoms with Gasteiger partial charge in [-0.1, -0.05) is 0 Å². The molecule has 136 valence electrons. The van der Waals surface area contributed by atoms with Crippen molar-refractivity contribution in [1.82, 2.24) is 0 Å². The minimum atomic E-state index is -0.484. The van der Waals surface area contributed by atoms with Gasteiger partial charge in [0.1, 0.15) is 0 Å². The second-order valence-corrected chi connectivity index (χ2v) is 5.94. The highest BCUT2D eigenvalue weighted by Gasteiger charge is 2.14. The first-order valence-corrected chi connectivity index (χ1v) is 8.55. The van der Waals surface area contributed by atoms with Gasteiger partial charge < -0.3 is 9.47 Å². The number of esters is 2. The molecule has 4 nitrogen and oxygen atoms in total. The van der Waals surface area contributed by atoms with Crippen molar-refractivity contribution in [2.45, 2.75) is 48.5 Å². The topological polar surface area (TPSA) is 52.6 Å². The van der Waals surface area contributed by atoms with E-state index in [1.807, 2.05) is 13.8 Å². The van der Waals surface area contributed by atoms with Crippen LogP contribution in [0.4, 0.5) is 0 Å². The van der Waals surface area contributed by atoms with Crippen LogP contribution < -0.4 is 0 Å². The highest BCUT2D eigenvalue weighted by atomic mass is 16.5. The van der Waals surface area contributed by atoms with E-state index in [0.717, 1.165) is 16.7 Å². The molecule has 0 unspecified atom stereocenters. The summed E-state index contributed by atoms with van der Waals surface area (Å²) in [6.45, 7) is 14.4. The fourth-order valence-electron chi connectivity index (χ4n) is 2.64. The largest absolute Gasteiger partial charge is 0.463 e. The number of hydrogen-bond acceptors (Lipinski definition) is 4. The lowest BCUT2D eigenvalue weighted by atomic mass is 9.88. The van der Waals surface area contributed by atoms with E-state index in [-0.39, 0.29) is 13.2 Å². The number of carbonyl (C=O) groups is 2. The molecule has 25 heavy (non-hydrogen) atoms. The molecule has 0 fully saturated rings. The van der Waals surface area contributed by atoms with Crippen LogP contribution in [0.15, 0.2) is 17.7 Å². The fraction of sp³-hybridized carbons (Fsp3) is 0.429. The molecule has 1 aromatic carbocycles. The molecule has 0 saturated heterocycles. The maximum atomic E-state index is 12.3. The Labute approximate surface area is 150 Å². The lowest BCUT2D eigenvalue weighted by Gasteiger charge is -2.17. The second kappa shape index (κ2) is 9.21. The van der Waals surface area contributed by atoms with Crippen molar-refractivity contribution >= 4 is 18.0 Å². The molecule has 0 heterocycles. The fourth-order valence-corrected chi connectivity index (χ4v) is 2.64. The Balaban J connectivity index is 3.45. The van der Waals surface area contributed by atoms with E-state index in [9.17, 15) is 9.59 Å². The molecular formula is C21H28O4. The first-order chi connectivity index (χ1) is 11.7. The summed E-state index contributed by atoms with van der Waals surface area (Å²) < 4.78 is 10.0. The summed E-state index contributed by atoms with van der Waals surface area (Å²) in [5.74, 6) is -0.944. The molecule has 0 amide bonds. The quantitative estimate of drug-likeness (QED) is 0.439. The molecule has 0 N–H and O–H groups in total. The molecule has 0 radical (unpaired) electrons. The molecule has 0 aliphatic carbocycles. The molecule has 0 aromatic heterocycles. The van der Waals surface area contributed by atoms with Crippen LogP contribution >= 0.6 is 0 Å². The standard InChI is InChI=1S/C21H28O4/c1-8-24-20(22)11-10-18(21(23)25-9-2)12-19-16(6)14(4)13(3)15(5)17(19)7/h10-12H,8-9H2,1-7H3/b11-10-,18-12+. The van der Waals surface area contributed by atoms with Gasteiger partial charge in [-0.05, 0) is 94.0 Å². The Morgan fingerprint density at radius 1 is 0.760 bits per heavy atom. The van der Waals surface area contributed by atoms with E-state index >= 15 is 0 Å². The number of carbonyl (C=O) groups excluding carboxylic acids is 2. The van der Waals surface area contributed by atoms with Gasteiger partial charge in [0.25, 0.3) is 0 Å². The molecule has 0 bridgehead atoms. The molecular weight excluding hydrogens is 316 g/mol. The van der Waals surface area contributed by atoms with Crippen molar-refractivity contribution in [3.8, 4) is 0 Å². The van der Waals surface area contributed by atoms with Crippen molar-refractivity contribution in [3.05, 3.63) is 51.1 Å². The van der Waals surface area contributed by atoms with Gasteiger partial charge in [0.2, 0.25) is 0 Å². The van der Waals surface area contributed by atoms with Gasteiger partial charge in [-0.25, -0.2) is 9.59 Å². The van der Waals surface area contributed by atoms with Crippen LogP contribution in [0.3, 0.4) is 0 Å². The van der Waals surface area contributed by atoms with Crippen LogP contribution in [0.2, 0.25) is 0 Å². The summed E-state index contributed by atoms with van der Waals surface area (Å²) in [6.07, 6.45) is 4.50. The Bertz CT molecular complexity index is 695. The van der Waals surface area contributed by atoms with Crippen molar-refractivity contribution in [3.63, 3.8) is 0 Å². The van der Waals surface area contributed by atoms with Gasteiger partial charge in [0.05, 0.1) is 18.8 Å². The lowest BCUT2D eigenvalue weighted by Crippen LogP contribution is -2.08. The van der Waals surface area contributed by atoms with Crippen LogP contribution in [0.5, 0.6) is 0 Å². The van der Waals surface area contributed by atoms with Crippen molar-refractivity contribution < 1.29 is 19.1 Å². The van der Waals surface area contributed by atoms with Crippen molar-refractivity contribution in [2.75, 3.05) is 13.2 Å². The molecule has 0 aliphatic heterocycles. The van der Waals surface area contributed by atoms with E-state index in [4.69, 9.17) is 9.47 Å². The van der Waals surface area contributed by atoms with Gasteiger partial charge in [-0.15, -0.1) is 0 Å². The zero-order chi connectivity index (χ0) is 19.1. The van der Waals surface area contributed by atoms with E-state index in [1.165, 1.54) is 28.8 Å². The molecule has 0 spiro atoms. The lowest BCUT2D eigenvalue weighted by molar-refractivity contribution is -0.138. The van der Waals surface area contributed by atoms with Crippen LogP contribution in [0, 0.1) is 34.6 Å². The third-order valence-electron chi connectivity index (χ3n) is 4.55. The predicted octanol–water partition coefficient (Wildman–Crippen LogP) is 4.29. The van der Waals surface area contributed by atoms with Crippen LogP contribution in [0.25, 0.3) is 6.08 Å². The van der Waals surface area contributed by atoms with Crippen LogP contribution in [-0.2, 0) is 19.1 Å². The Morgan fingerprint density at radius 2 is 1.24 bits per heavy atom. The first kappa shape index (κ1) is 20.7. The summed E-state index contributed by atoms with van der Waals surface area (Å²) in [4.78, 5) is 23.9. The normalized spacial score (nSPS) is 11.7. The second-order valence-electron chi connectivity index (χ2n) is 5.94. The first-order valence-electron chi connectivity index (χ1n) is 8.55. The predicted molar refractivity (Wildman–Crippen MR) is 101 cm³/mol. The van der Waals surface area contributed by atoms with Crippen molar-refractivity contribution in [2.24, 2.45) is 0 Å². The summed E-state index contributed by atoms with van der Waals surface area (Å²) in [6, 6.07) is 0. The van der Waals surface area contributed by atoms with Gasteiger partial charge in [-0.2, -0.15) is 0 Å². The van der Waals surface area contributed by atoms with Gasteiger partial charge in [-0.3, -0.25) is 0 Å². The molecule has 4 heteroatoms. The Morgan fingerprint density at radius 3 is 1.72 bits per heavy atom. The van der Waals surface area contributed by atoms with Crippen molar-refractivity contribution in [1.29, 1.82) is 0 Å². The van der Waals surface area contributed by atoms with Crippen LogP contribution in [-0.4, -0.2) is 25.2 Å². The van der Waals surface area contributed by atoms with E-state index in [1.54, 1.807) is 19.9 Å². The zero-order valence-electron chi connectivity index (χ0n) is 16.3. The Hall–Kier alpha value is -2.36. The average Bonchev–Trinajstić information content (AvgIpc) is 2.58. The van der Waals surface area contributed by atoms with Gasteiger partial charge >= 0.3 is 11.9 Å². The monoisotopic (exact) mass is 344 g/mol. The third kappa shape index (κ3) is 5.05. The summed E-state index contributed by atoms with van der Waals surface area (Å²) in [5, 5.41) is 0. The highest BCUT2D eigenvalue weighted by molar-refractivity contribution is 5.99. The van der Waals surface area contributed by atoms with Gasteiger partial charge in [0, 0.05) is 6.08 Å². The summed E-state index contributed by atoms with van der Waals surface area (Å²) in [5.41, 5.74) is 7.20. The average molecular weight is 344 g/mol. The Kier molecular flexibility index (Phi) is 7.62. The number of rotatable bonds is 6. The van der Waals surface area contributed by atoms with Crippen LogP contribution in [0.1, 0.15) is 47.2 Å². The maximum Gasteiger partial charge on any atom is 0.338 e. The van der Waals surface area contributed by atoms with E-state index in [0.29, 0.717) is 5.57 Å². The minimum Gasteiger partial charge on any atom is -0.463 e. The molecule has 1 rings (SSSR count). The highest BCUT2D eigenvalue weighted by Crippen LogP contribution is 2.28. The number of ether oxygens (including phenoxy) is 2. The van der Waals surface area contributed by atoms with E-state index in [2.05, 4.69) is 20.8 Å². The molecule has 0 saturated carbocycles. The maximum absolute atomic E-state index is 12.3. The minimum absolute atomic E-state index is 0.271. The summed E-state index contributed by atoms with van der Waals surface area (Å²) in [7, 11) is 0. The summed E-state index contributed by atoms with van der Waals surface area (Å²) >= 11 is 0. The molecule has 0 atom stereocenters. The SMILES string of the molecule is CCOC(=O)/C=C\C(=C/c1c(C)c(C)c(C)c(C)c1C)C(=O)OCC. The van der Waals surface area contributed by atoms with E-state index < -0.39 is 11.9 Å². The number of hydrogen-bond donors (Lipinski definition) is 0. The third-order valence-corrected chi connectivity index (χ3v) is 4.55. The smallest absolute Gasteiger partial charge is 0.338 e.